The number of rotatable bonds is 3. The lowest BCUT2D eigenvalue weighted by atomic mass is 9.96. The lowest BCUT2D eigenvalue weighted by molar-refractivity contribution is 0.413. The van der Waals surface area contributed by atoms with Crippen molar-refractivity contribution in [2.24, 2.45) is 0 Å². The predicted molar refractivity (Wildman–Crippen MR) is 98.2 cm³/mol. The standard InChI is InChI=1S/C19H26N4O/c1-19(2,3)18-20-10-9-17(21-18)23-13-11-22(12-14-23)15-7-5-6-8-16(15)24-4/h5-10H,11-14H2,1-4H3. The topological polar surface area (TPSA) is 41.5 Å². The summed E-state index contributed by atoms with van der Waals surface area (Å²) in [5, 5.41) is 0. The molecule has 3 rings (SSSR count). The summed E-state index contributed by atoms with van der Waals surface area (Å²) in [6.45, 7) is 10.2. The molecule has 2 heterocycles. The summed E-state index contributed by atoms with van der Waals surface area (Å²) in [6, 6.07) is 10.2. The van der Waals surface area contributed by atoms with E-state index in [0.717, 1.165) is 49.3 Å². The molecule has 1 aromatic carbocycles. The van der Waals surface area contributed by atoms with Crippen LogP contribution in [0.5, 0.6) is 5.75 Å². The molecule has 2 aromatic rings. The Morgan fingerprint density at radius 2 is 1.62 bits per heavy atom. The van der Waals surface area contributed by atoms with E-state index in [1.165, 1.54) is 0 Å². The highest BCUT2D eigenvalue weighted by atomic mass is 16.5. The van der Waals surface area contributed by atoms with Gasteiger partial charge in [0.05, 0.1) is 12.8 Å². The van der Waals surface area contributed by atoms with Crippen molar-refractivity contribution in [3.05, 3.63) is 42.4 Å². The van der Waals surface area contributed by atoms with Crippen LogP contribution in [0, 0.1) is 0 Å². The number of ether oxygens (including phenoxy) is 1. The van der Waals surface area contributed by atoms with E-state index in [4.69, 9.17) is 9.72 Å². The van der Waals surface area contributed by atoms with Crippen LogP contribution < -0.4 is 14.5 Å². The van der Waals surface area contributed by atoms with E-state index in [1.54, 1.807) is 7.11 Å². The van der Waals surface area contributed by atoms with Crippen molar-refractivity contribution in [1.29, 1.82) is 0 Å². The first-order valence-electron chi connectivity index (χ1n) is 8.45. The van der Waals surface area contributed by atoms with Crippen LogP contribution in [0.2, 0.25) is 0 Å². The van der Waals surface area contributed by atoms with E-state index in [9.17, 15) is 0 Å². The Bertz CT molecular complexity index is 688. The van der Waals surface area contributed by atoms with E-state index < -0.39 is 0 Å². The van der Waals surface area contributed by atoms with Crippen molar-refractivity contribution in [3.8, 4) is 5.75 Å². The zero-order valence-corrected chi connectivity index (χ0v) is 15.0. The first kappa shape index (κ1) is 16.6. The third-order valence-electron chi connectivity index (χ3n) is 4.34. The molecule has 0 unspecified atom stereocenters. The van der Waals surface area contributed by atoms with Crippen LogP contribution in [0.15, 0.2) is 36.5 Å². The summed E-state index contributed by atoms with van der Waals surface area (Å²) in [5.41, 5.74) is 1.13. The number of anilines is 2. The molecule has 0 N–H and O–H groups in total. The number of hydrogen-bond acceptors (Lipinski definition) is 5. The molecule has 0 atom stereocenters. The molecule has 1 aliphatic heterocycles. The smallest absolute Gasteiger partial charge is 0.142 e. The molecular weight excluding hydrogens is 300 g/mol. The van der Waals surface area contributed by atoms with E-state index >= 15 is 0 Å². The minimum absolute atomic E-state index is 0.0325. The number of benzene rings is 1. The van der Waals surface area contributed by atoms with Gasteiger partial charge in [-0.2, -0.15) is 0 Å². The van der Waals surface area contributed by atoms with Crippen molar-refractivity contribution in [2.75, 3.05) is 43.1 Å². The fraction of sp³-hybridized carbons (Fsp3) is 0.474. The van der Waals surface area contributed by atoms with E-state index in [1.807, 2.05) is 24.4 Å². The van der Waals surface area contributed by atoms with E-state index in [0.29, 0.717) is 0 Å². The van der Waals surface area contributed by atoms with Crippen molar-refractivity contribution >= 4 is 11.5 Å². The molecule has 0 radical (unpaired) electrons. The second kappa shape index (κ2) is 6.67. The normalized spacial score (nSPS) is 15.5. The minimum atomic E-state index is -0.0325. The summed E-state index contributed by atoms with van der Waals surface area (Å²) in [6.07, 6.45) is 1.87. The van der Waals surface area contributed by atoms with Gasteiger partial charge in [0.2, 0.25) is 0 Å². The molecule has 0 saturated carbocycles. The molecular formula is C19H26N4O. The molecule has 1 saturated heterocycles. The number of nitrogens with zero attached hydrogens (tertiary/aromatic N) is 4. The van der Waals surface area contributed by atoms with Gasteiger partial charge in [0, 0.05) is 37.8 Å². The molecule has 1 fully saturated rings. The summed E-state index contributed by atoms with van der Waals surface area (Å²) in [5.74, 6) is 2.85. The lowest BCUT2D eigenvalue weighted by Gasteiger charge is -2.37. The molecule has 0 bridgehead atoms. The Hall–Kier alpha value is -2.30. The summed E-state index contributed by atoms with van der Waals surface area (Å²) in [4.78, 5) is 13.9. The third-order valence-corrected chi connectivity index (χ3v) is 4.34. The van der Waals surface area contributed by atoms with E-state index in [2.05, 4.69) is 47.7 Å². The van der Waals surface area contributed by atoms with Crippen LogP contribution in [0.3, 0.4) is 0 Å². The van der Waals surface area contributed by atoms with Crippen molar-refractivity contribution < 1.29 is 4.74 Å². The maximum atomic E-state index is 5.49. The highest BCUT2D eigenvalue weighted by molar-refractivity contribution is 5.59. The maximum Gasteiger partial charge on any atom is 0.142 e. The zero-order chi connectivity index (χ0) is 17.2. The highest BCUT2D eigenvalue weighted by Crippen LogP contribution is 2.29. The molecule has 0 spiro atoms. The largest absolute Gasteiger partial charge is 0.495 e. The third kappa shape index (κ3) is 3.45. The molecule has 5 heteroatoms. The number of aromatic nitrogens is 2. The maximum absolute atomic E-state index is 5.49. The number of para-hydroxylation sites is 2. The monoisotopic (exact) mass is 326 g/mol. The number of methoxy groups -OCH3 is 1. The van der Waals surface area contributed by atoms with Gasteiger partial charge in [-0.1, -0.05) is 32.9 Å². The predicted octanol–water partition coefficient (Wildman–Crippen LogP) is 3.11. The molecule has 1 aromatic heterocycles. The average molecular weight is 326 g/mol. The quantitative estimate of drug-likeness (QED) is 0.867. The van der Waals surface area contributed by atoms with Gasteiger partial charge >= 0.3 is 0 Å². The molecule has 5 nitrogen and oxygen atoms in total. The van der Waals surface area contributed by atoms with Crippen LogP contribution in [0.25, 0.3) is 0 Å². The second-order valence-electron chi connectivity index (χ2n) is 7.13. The van der Waals surface area contributed by atoms with Crippen molar-refractivity contribution in [1.82, 2.24) is 9.97 Å². The number of piperazine rings is 1. The molecule has 128 valence electrons. The Morgan fingerprint density at radius 3 is 2.29 bits per heavy atom. The molecule has 0 aliphatic carbocycles. The van der Waals surface area contributed by atoms with Gasteiger partial charge in [0.15, 0.2) is 0 Å². The van der Waals surface area contributed by atoms with Crippen molar-refractivity contribution in [3.63, 3.8) is 0 Å². The van der Waals surface area contributed by atoms with Gasteiger partial charge < -0.3 is 14.5 Å². The average Bonchev–Trinajstić information content (AvgIpc) is 2.61. The fourth-order valence-electron chi connectivity index (χ4n) is 2.95. The van der Waals surface area contributed by atoms with Crippen LogP contribution >= 0.6 is 0 Å². The van der Waals surface area contributed by atoms with Crippen LogP contribution in [0.4, 0.5) is 11.5 Å². The lowest BCUT2D eigenvalue weighted by Crippen LogP contribution is -2.47. The molecule has 0 amide bonds. The Labute approximate surface area is 144 Å². The van der Waals surface area contributed by atoms with Crippen molar-refractivity contribution in [2.45, 2.75) is 26.2 Å². The molecule has 1 aliphatic rings. The first-order chi connectivity index (χ1) is 11.5. The highest BCUT2D eigenvalue weighted by Gasteiger charge is 2.22. The van der Waals surface area contributed by atoms with Gasteiger partial charge in [-0.25, -0.2) is 9.97 Å². The number of hydrogen-bond donors (Lipinski definition) is 0. The first-order valence-corrected chi connectivity index (χ1v) is 8.45. The van der Waals surface area contributed by atoms with Gasteiger partial charge in [0.25, 0.3) is 0 Å². The van der Waals surface area contributed by atoms with E-state index in [-0.39, 0.29) is 5.41 Å². The Kier molecular flexibility index (Phi) is 4.60. The van der Waals surface area contributed by atoms with Gasteiger partial charge in [0.1, 0.15) is 17.4 Å². The van der Waals surface area contributed by atoms with Crippen LogP contribution in [0.1, 0.15) is 26.6 Å². The van der Waals surface area contributed by atoms with Crippen LogP contribution in [-0.4, -0.2) is 43.3 Å². The molecule has 24 heavy (non-hydrogen) atoms. The second-order valence-corrected chi connectivity index (χ2v) is 7.13. The Balaban J connectivity index is 1.71. The summed E-state index contributed by atoms with van der Waals surface area (Å²) in [7, 11) is 1.73. The Morgan fingerprint density at radius 1 is 0.958 bits per heavy atom. The summed E-state index contributed by atoms with van der Waals surface area (Å²) < 4.78 is 5.49. The van der Waals surface area contributed by atoms with Gasteiger partial charge in [-0.3, -0.25) is 0 Å². The van der Waals surface area contributed by atoms with Crippen LogP contribution in [-0.2, 0) is 5.41 Å². The SMILES string of the molecule is COc1ccccc1N1CCN(c2ccnc(C(C)(C)C)n2)CC1. The zero-order valence-electron chi connectivity index (χ0n) is 15.0. The minimum Gasteiger partial charge on any atom is -0.495 e. The van der Waals surface area contributed by atoms with Gasteiger partial charge in [-0.15, -0.1) is 0 Å². The summed E-state index contributed by atoms with van der Waals surface area (Å²) >= 11 is 0. The van der Waals surface area contributed by atoms with Gasteiger partial charge in [-0.05, 0) is 18.2 Å². The fourth-order valence-corrected chi connectivity index (χ4v) is 2.95.